The summed E-state index contributed by atoms with van der Waals surface area (Å²) in [6.07, 6.45) is 2.88. The van der Waals surface area contributed by atoms with Gasteiger partial charge in [0.15, 0.2) is 0 Å². The van der Waals surface area contributed by atoms with Crippen LogP contribution < -0.4 is 10.8 Å². The van der Waals surface area contributed by atoms with E-state index >= 15 is 0 Å². The van der Waals surface area contributed by atoms with Crippen LogP contribution in [0.3, 0.4) is 0 Å². The van der Waals surface area contributed by atoms with E-state index in [1.807, 2.05) is 11.0 Å². The van der Waals surface area contributed by atoms with Crippen molar-refractivity contribution in [2.45, 2.75) is 57.7 Å². The first-order valence-electron chi connectivity index (χ1n) is 11.9. The number of hydrogen-bond acceptors (Lipinski definition) is 6. The summed E-state index contributed by atoms with van der Waals surface area (Å²) in [4.78, 5) is 43.1. The van der Waals surface area contributed by atoms with Gasteiger partial charge in [0.2, 0.25) is 11.8 Å². The number of aromatic carboxylic acids is 1. The van der Waals surface area contributed by atoms with Crippen molar-refractivity contribution in [2.75, 3.05) is 6.54 Å². The number of carboxylic acid groups (broad SMARTS) is 1. The first-order valence-corrected chi connectivity index (χ1v) is 12.3. The average molecular weight is 515 g/mol. The van der Waals surface area contributed by atoms with Crippen LogP contribution in [0.5, 0.6) is 0 Å². The van der Waals surface area contributed by atoms with Gasteiger partial charge in [-0.2, -0.15) is 0 Å². The van der Waals surface area contributed by atoms with Gasteiger partial charge in [-0.15, -0.1) is 0 Å². The summed E-state index contributed by atoms with van der Waals surface area (Å²) in [5, 5.41) is 21.7. The highest BCUT2D eigenvalue weighted by atomic mass is 35.5. The number of hydroxylamine groups is 1. The van der Waals surface area contributed by atoms with Crippen LogP contribution in [0.2, 0.25) is 5.02 Å². The molecule has 0 saturated heterocycles. The summed E-state index contributed by atoms with van der Waals surface area (Å²) in [5.74, 6) is -1.05. The molecule has 1 unspecified atom stereocenters. The average Bonchev–Trinajstić information content (AvgIpc) is 3.25. The van der Waals surface area contributed by atoms with Crippen LogP contribution in [-0.2, 0) is 22.6 Å². The molecular formula is C26H31ClN4O5. The van der Waals surface area contributed by atoms with E-state index in [0.29, 0.717) is 18.0 Å². The standard InChI is InChI=1S/C26H31ClN4O5/c1-2-3-7-23-28-15-22(31(23)16-17-8-10-19(11-9-17)26(34)35)25(33)29-21(14-24(32)30-36)13-18-5-4-6-20(27)12-18/h4-6,8-12,21-22,36H,2-3,7,13-16H2,1H3,(H,29,33)(H,30,32)(H,34,35)/t21-,22?/m1/s1. The number of rotatable bonds is 12. The van der Waals surface area contributed by atoms with E-state index in [2.05, 4.69) is 17.2 Å². The number of carboxylic acids is 1. The summed E-state index contributed by atoms with van der Waals surface area (Å²) in [6.45, 7) is 2.77. The topological polar surface area (TPSA) is 131 Å². The smallest absolute Gasteiger partial charge is 0.335 e. The molecule has 0 spiro atoms. The van der Waals surface area contributed by atoms with Crippen LogP contribution in [0.15, 0.2) is 53.5 Å². The monoisotopic (exact) mass is 514 g/mol. The first-order chi connectivity index (χ1) is 17.3. The summed E-state index contributed by atoms with van der Waals surface area (Å²) in [5.41, 5.74) is 3.53. The number of amidine groups is 1. The number of hydrogen-bond donors (Lipinski definition) is 4. The van der Waals surface area contributed by atoms with Gasteiger partial charge in [0, 0.05) is 30.5 Å². The van der Waals surface area contributed by atoms with E-state index in [1.54, 1.807) is 47.9 Å². The maximum absolute atomic E-state index is 13.4. The third-order valence-electron chi connectivity index (χ3n) is 6.04. The zero-order valence-corrected chi connectivity index (χ0v) is 20.9. The molecule has 0 bridgehead atoms. The number of benzene rings is 2. The molecule has 2 aromatic carbocycles. The number of halogens is 1. The number of unbranched alkanes of at least 4 members (excludes halogenated alkanes) is 1. The highest BCUT2D eigenvalue weighted by Gasteiger charge is 2.34. The van der Waals surface area contributed by atoms with Gasteiger partial charge in [0.25, 0.3) is 0 Å². The summed E-state index contributed by atoms with van der Waals surface area (Å²) >= 11 is 6.09. The van der Waals surface area contributed by atoms with Crippen molar-refractivity contribution in [2.24, 2.45) is 4.99 Å². The molecule has 10 heteroatoms. The van der Waals surface area contributed by atoms with Crippen LogP contribution in [0, 0.1) is 0 Å². The molecule has 4 N–H and O–H groups in total. The Kier molecular flexibility index (Phi) is 9.84. The molecule has 1 aliphatic rings. The van der Waals surface area contributed by atoms with Crippen molar-refractivity contribution in [3.8, 4) is 0 Å². The Morgan fingerprint density at radius 1 is 1.17 bits per heavy atom. The number of carbonyl (C=O) groups excluding carboxylic acids is 2. The Labute approximate surface area is 215 Å². The Bertz CT molecular complexity index is 1110. The van der Waals surface area contributed by atoms with Gasteiger partial charge in [0.1, 0.15) is 11.9 Å². The second kappa shape index (κ2) is 13.0. The largest absolute Gasteiger partial charge is 0.478 e. The van der Waals surface area contributed by atoms with Gasteiger partial charge in [-0.25, -0.2) is 10.3 Å². The van der Waals surface area contributed by atoms with E-state index in [0.717, 1.165) is 36.2 Å². The first kappa shape index (κ1) is 27.2. The van der Waals surface area contributed by atoms with Crippen LogP contribution in [-0.4, -0.2) is 57.5 Å². The van der Waals surface area contributed by atoms with Gasteiger partial charge in [-0.3, -0.25) is 19.8 Å². The molecule has 0 aromatic heterocycles. The van der Waals surface area contributed by atoms with E-state index in [9.17, 15) is 14.4 Å². The van der Waals surface area contributed by atoms with E-state index in [1.165, 1.54) is 0 Å². The molecule has 0 fully saturated rings. The molecule has 2 aromatic rings. The maximum Gasteiger partial charge on any atom is 0.335 e. The van der Waals surface area contributed by atoms with Gasteiger partial charge in [-0.1, -0.05) is 49.2 Å². The lowest BCUT2D eigenvalue weighted by Gasteiger charge is -2.29. The van der Waals surface area contributed by atoms with Crippen LogP contribution in [0.25, 0.3) is 0 Å². The fourth-order valence-electron chi connectivity index (χ4n) is 4.18. The highest BCUT2D eigenvalue weighted by Crippen LogP contribution is 2.20. The molecule has 192 valence electrons. The van der Waals surface area contributed by atoms with Gasteiger partial charge >= 0.3 is 5.97 Å². The SMILES string of the molecule is CCCCC1=NCC(C(=O)N[C@@H](CC(=O)NO)Cc2cccc(Cl)c2)N1Cc1ccc(C(=O)O)cc1. The molecule has 1 heterocycles. The van der Waals surface area contributed by atoms with Crippen LogP contribution >= 0.6 is 11.6 Å². The van der Waals surface area contributed by atoms with Crippen LogP contribution in [0.1, 0.15) is 54.1 Å². The number of nitrogens with one attached hydrogen (secondary N) is 2. The lowest BCUT2D eigenvalue weighted by atomic mass is 10.0. The summed E-state index contributed by atoms with van der Waals surface area (Å²) < 4.78 is 0. The predicted octanol–water partition coefficient (Wildman–Crippen LogP) is 3.43. The number of amides is 2. The van der Waals surface area contributed by atoms with Crippen molar-refractivity contribution in [3.63, 3.8) is 0 Å². The molecule has 1 aliphatic heterocycles. The molecule has 0 aliphatic carbocycles. The second-order valence-corrected chi connectivity index (χ2v) is 9.22. The zero-order valence-electron chi connectivity index (χ0n) is 20.1. The molecule has 2 atom stereocenters. The fraction of sp³-hybridized carbons (Fsp3) is 0.385. The zero-order chi connectivity index (χ0) is 26.1. The molecule has 0 radical (unpaired) electrons. The highest BCUT2D eigenvalue weighted by molar-refractivity contribution is 6.30. The van der Waals surface area contributed by atoms with Gasteiger partial charge < -0.3 is 15.3 Å². The van der Waals surface area contributed by atoms with E-state index < -0.39 is 24.0 Å². The minimum Gasteiger partial charge on any atom is -0.478 e. The van der Waals surface area contributed by atoms with Gasteiger partial charge in [-0.05, 0) is 48.2 Å². The quantitative estimate of drug-likeness (QED) is 0.253. The van der Waals surface area contributed by atoms with E-state index in [-0.39, 0.29) is 24.4 Å². The van der Waals surface area contributed by atoms with E-state index in [4.69, 9.17) is 21.9 Å². The minimum atomic E-state index is -0.997. The van der Waals surface area contributed by atoms with Crippen molar-refractivity contribution in [1.29, 1.82) is 0 Å². The van der Waals surface area contributed by atoms with Crippen molar-refractivity contribution in [1.82, 2.24) is 15.7 Å². The third kappa shape index (κ3) is 7.53. The second-order valence-electron chi connectivity index (χ2n) is 8.78. The minimum absolute atomic E-state index is 0.109. The van der Waals surface area contributed by atoms with Crippen molar-refractivity contribution < 1.29 is 24.7 Å². The lowest BCUT2D eigenvalue weighted by molar-refractivity contribution is -0.130. The Hall–Kier alpha value is -3.43. The number of aliphatic imine (C=N–C) groups is 1. The predicted molar refractivity (Wildman–Crippen MR) is 136 cm³/mol. The summed E-state index contributed by atoms with van der Waals surface area (Å²) in [7, 11) is 0. The molecular weight excluding hydrogens is 484 g/mol. The third-order valence-corrected chi connectivity index (χ3v) is 6.27. The molecule has 36 heavy (non-hydrogen) atoms. The maximum atomic E-state index is 13.4. The molecule has 9 nitrogen and oxygen atoms in total. The Morgan fingerprint density at radius 3 is 2.56 bits per heavy atom. The van der Waals surface area contributed by atoms with Crippen LogP contribution in [0.4, 0.5) is 0 Å². The summed E-state index contributed by atoms with van der Waals surface area (Å²) in [6, 6.07) is 12.6. The molecule has 2 amide bonds. The van der Waals surface area contributed by atoms with Crippen molar-refractivity contribution >= 4 is 35.2 Å². The fourth-order valence-corrected chi connectivity index (χ4v) is 4.40. The normalized spacial score (nSPS) is 15.8. The Morgan fingerprint density at radius 2 is 1.92 bits per heavy atom. The molecule has 3 rings (SSSR count). The molecule has 0 saturated carbocycles. The Balaban J connectivity index is 1.77. The lowest BCUT2D eigenvalue weighted by Crippen LogP contribution is -2.51. The number of nitrogens with zero attached hydrogens (tertiary/aromatic N) is 2. The van der Waals surface area contributed by atoms with Gasteiger partial charge in [0.05, 0.1) is 12.1 Å². The number of carbonyl (C=O) groups is 3. The van der Waals surface area contributed by atoms with Crippen molar-refractivity contribution in [3.05, 3.63) is 70.2 Å².